The number of benzene rings is 2. The minimum atomic E-state index is -0.282. The third kappa shape index (κ3) is 3.05. The number of aliphatic imine (C=N–C) groups is 1. The van der Waals surface area contributed by atoms with Crippen LogP contribution in [0.2, 0.25) is 0 Å². The molecule has 0 radical (unpaired) electrons. The number of hydrogen-bond donors (Lipinski definition) is 0. The van der Waals surface area contributed by atoms with Gasteiger partial charge < -0.3 is 9.47 Å². The van der Waals surface area contributed by atoms with Gasteiger partial charge in [0.25, 0.3) is 0 Å². The Morgan fingerprint density at radius 1 is 1.04 bits per heavy atom. The molecule has 1 aliphatic rings. The molecule has 1 unspecified atom stereocenters. The van der Waals surface area contributed by atoms with Crippen LogP contribution in [0.25, 0.3) is 5.69 Å². The Labute approximate surface area is 167 Å². The van der Waals surface area contributed by atoms with E-state index < -0.39 is 0 Å². The van der Waals surface area contributed by atoms with Crippen molar-refractivity contribution >= 4 is 22.6 Å². The van der Waals surface area contributed by atoms with Crippen molar-refractivity contribution in [2.45, 2.75) is 19.1 Å². The zero-order valence-corrected chi connectivity index (χ0v) is 16.9. The van der Waals surface area contributed by atoms with Gasteiger partial charge >= 0.3 is 0 Å². The van der Waals surface area contributed by atoms with Crippen LogP contribution in [0.1, 0.15) is 29.0 Å². The highest BCUT2D eigenvalue weighted by Gasteiger charge is 2.32. The van der Waals surface area contributed by atoms with Crippen LogP contribution >= 0.6 is 11.8 Å². The number of hydrogen-bond acceptors (Lipinski definition) is 5. The Kier molecular flexibility index (Phi) is 4.85. The fourth-order valence-corrected chi connectivity index (χ4v) is 4.63. The Balaban J connectivity index is 1.90. The molecule has 3 aromatic rings. The average molecular weight is 397 g/mol. The largest absolute Gasteiger partial charge is 0.493 e. The van der Waals surface area contributed by atoms with Gasteiger partial charge in [0, 0.05) is 11.1 Å². The van der Waals surface area contributed by atoms with Crippen molar-refractivity contribution in [2.75, 3.05) is 14.2 Å². The number of nitrogens with zero attached hydrogens (tertiary/aromatic N) is 3. The quantitative estimate of drug-likeness (QED) is 0.605. The number of fused-ring (bicyclic) bond motifs is 1. The van der Waals surface area contributed by atoms with Crippen molar-refractivity contribution in [3.05, 3.63) is 65.1 Å². The van der Waals surface area contributed by atoms with Crippen LogP contribution in [-0.2, 0) is 0 Å². The zero-order chi connectivity index (χ0) is 19.8. The third-order valence-corrected chi connectivity index (χ3v) is 5.84. The number of aromatic nitrogens is 2. The summed E-state index contributed by atoms with van der Waals surface area (Å²) in [5.41, 5.74) is 3.67. The highest BCUT2D eigenvalue weighted by Crippen LogP contribution is 2.51. The van der Waals surface area contributed by atoms with Gasteiger partial charge in [-0.25, -0.2) is 14.1 Å². The van der Waals surface area contributed by atoms with Gasteiger partial charge in [-0.2, -0.15) is 5.10 Å². The molecule has 1 aliphatic heterocycles. The third-order valence-electron chi connectivity index (χ3n) is 4.68. The lowest BCUT2D eigenvalue weighted by Crippen LogP contribution is -2.08. The molecule has 0 fully saturated rings. The summed E-state index contributed by atoms with van der Waals surface area (Å²) >= 11 is 1.66. The fraction of sp³-hybridized carbons (Fsp3) is 0.238. The topological polar surface area (TPSA) is 48.6 Å². The van der Waals surface area contributed by atoms with Crippen molar-refractivity contribution in [3.8, 4) is 17.2 Å². The van der Waals surface area contributed by atoms with E-state index in [-0.39, 0.29) is 11.1 Å². The van der Waals surface area contributed by atoms with Crippen molar-refractivity contribution in [1.82, 2.24) is 9.78 Å². The van der Waals surface area contributed by atoms with Crippen molar-refractivity contribution in [2.24, 2.45) is 4.99 Å². The van der Waals surface area contributed by atoms with Crippen LogP contribution in [0.4, 0.5) is 10.2 Å². The summed E-state index contributed by atoms with van der Waals surface area (Å²) < 4.78 is 26.3. The van der Waals surface area contributed by atoms with Crippen molar-refractivity contribution in [1.29, 1.82) is 0 Å². The van der Waals surface area contributed by atoms with E-state index in [1.807, 2.05) is 32.0 Å². The molecule has 0 saturated carbocycles. The normalized spacial score (nSPS) is 15.8. The molecule has 2 aromatic carbocycles. The molecule has 144 valence electrons. The van der Waals surface area contributed by atoms with Gasteiger partial charge in [0.2, 0.25) is 0 Å². The number of para-hydroxylation sites is 1. The first kappa shape index (κ1) is 18.6. The standard InChI is InChI=1S/C21H20FN3O2S/c1-12-18-20(16-6-5-7-17(26-3)19(16)27-4)28-13(2)23-21(18)25(24-12)15-10-8-14(22)9-11-15/h5-11,20H,1-4H3. The Morgan fingerprint density at radius 2 is 1.79 bits per heavy atom. The van der Waals surface area contributed by atoms with Gasteiger partial charge in [0.15, 0.2) is 17.3 Å². The SMILES string of the molecule is COc1cccc(C2SC(C)=Nc3c2c(C)nn3-c2ccc(F)cc2)c1OC. The van der Waals surface area contributed by atoms with Crippen LogP contribution in [0.3, 0.4) is 0 Å². The summed E-state index contributed by atoms with van der Waals surface area (Å²) in [5, 5.41) is 5.59. The first-order valence-electron chi connectivity index (χ1n) is 8.81. The molecule has 7 heteroatoms. The molecule has 0 spiro atoms. The summed E-state index contributed by atoms with van der Waals surface area (Å²) in [4.78, 5) is 4.75. The summed E-state index contributed by atoms with van der Waals surface area (Å²) in [5.74, 6) is 1.87. The number of thioether (sulfide) groups is 1. The monoisotopic (exact) mass is 397 g/mol. The van der Waals surface area contributed by atoms with Crippen molar-refractivity contribution < 1.29 is 13.9 Å². The second kappa shape index (κ2) is 7.31. The highest BCUT2D eigenvalue weighted by molar-refractivity contribution is 8.14. The molecule has 0 aliphatic carbocycles. The Bertz CT molecular complexity index is 1060. The lowest BCUT2D eigenvalue weighted by Gasteiger charge is -2.24. The summed E-state index contributed by atoms with van der Waals surface area (Å²) in [6.07, 6.45) is 0. The van der Waals surface area contributed by atoms with Gasteiger partial charge in [0.1, 0.15) is 5.82 Å². The van der Waals surface area contributed by atoms with Crippen LogP contribution in [-0.4, -0.2) is 29.0 Å². The summed E-state index contributed by atoms with van der Waals surface area (Å²) in [6.45, 7) is 3.94. The van der Waals surface area contributed by atoms with Crippen molar-refractivity contribution in [3.63, 3.8) is 0 Å². The van der Waals surface area contributed by atoms with Gasteiger partial charge in [0.05, 0.1) is 35.9 Å². The molecule has 0 N–H and O–H groups in total. The van der Waals surface area contributed by atoms with Crippen LogP contribution in [0.15, 0.2) is 47.5 Å². The van der Waals surface area contributed by atoms with Gasteiger partial charge in [-0.3, -0.25) is 0 Å². The predicted molar refractivity (Wildman–Crippen MR) is 110 cm³/mol. The molecule has 4 rings (SSSR count). The van der Waals surface area contributed by atoms with Gasteiger partial charge in [-0.05, 0) is 44.2 Å². The Hall–Kier alpha value is -2.80. The Morgan fingerprint density at radius 3 is 2.46 bits per heavy atom. The van der Waals surface area contributed by atoms with E-state index in [0.717, 1.165) is 33.4 Å². The second-order valence-electron chi connectivity index (χ2n) is 6.42. The lowest BCUT2D eigenvalue weighted by atomic mass is 10.0. The lowest BCUT2D eigenvalue weighted by molar-refractivity contribution is 0.352. The molecule has 28 heavy (non-hydrogen) atoms. The molecule has 0 amide bonds. The number of ether oxygens (including phenoxy) is 2. The van der Waals surface area contributed by atoms with E-state index in [0.29, 0.717) is 11.5 Å². The summed E-state index contributed by atoms with van der Waals surface area (Å²) in [6, 6.07) is 12.1. The minimum absolute atomic E-state index is 0.0354. The van der Waals surface area contributed by atoms with Gasteiger partial charge in [-0.1, -0.05) is 23.9 Å². The fourth-order valence-electron chi connectivity index (χ4n) is 3.45. The molecule has 0 saturated heterocycles. The average Bonchev–Trinajstić information content (AvgIpc) is 3.03. The maximum Gasteiger partial charge on any atom is 0.165 e. The van der Waals surface area contributed by atoms with Gasteiger partial charge in [-0.15, -0.1) is 0 Å². The predicted octanol–water partition coefficient (Wildman–Crippen LogP) is 5.22. The second-order valence-corrected chi connectivity index (χ2v) is 7.72. The first-order valence-corrected chi connectivity index (χ1v) is 9.69. The summed E-state index contributed by atoms with van der Waals surface area (Å²) in [7, 11) is 3.27. The van der Waals surface area contributed by atoms with E-state index in [1.165, 1.54) is 12.1 Å². The molecular formula is C21H20FN3O2S. The molecule has 5 nitrogen and oxygen atoms in total. The van der Waals surface area contributed by atoms with Crippen LogP contribution in [0.5, 0.6) is 11.5 Å². The maximum absolute atomic E-state index is 13.4. The number of halogens is 1. The van der Waals surface area contributed by atoms with E-state index in [4.69, 9.17) is 19.6 Å². The van der Waals surface area contributed by atoms with Crippen LogP contribution in [0, 0.1) is 12.7 Å². The highest BCUT2D eigenvalue weighted by atomic mass is 32.2. The van der Waals surface area contributed by atoms with E-state index in [1.54, 1.807) is 42.8 Å². The van der Waals surface area contributed by atoms with E-state index >= 15 is 0 Å². The van der Waals surface area contributed by atoms with E-state index in [2.05, 4.69) is 0 Å². The zero-order valence-electron chi connectivity index (χ0n) is 16.1. The molecule has 0 bridgehead atoms. The van der Waals surface area contributed by atoms with Crippen LogP contribution < -0.4 is 9.47 Å². The molecular weight excluding hydrogens is 377 g/mol. The first-order chi connectivity index (χ1) is 13.5. The number of methoxy groups -OCH3 is 2. The minimum Gasteiger partial charge on any atom is -0.493 e. The maximum atomic E-state index is 13.4. The smallest absolute Gasteiger partial charge is 0.165 e. The molecule has 2 heterocycles. The number of aryl methyl sites for hydroxylation is 1. The number of rotatable bonds is 4. The molecule has 1 atom stereocenters. The molecule has 1 aromatic heterocycles. The van der Waals surface area contributed by atoms with E-state index in [9.17, 15) is 4.39 Å².